The Morgan fingerprint density at radius 3 is 2.74 bits per heavy atom. The van der Waals surface area contributed by atoms with Gasteiger partial charge in [0, 0.05) is 24.1 Å². The Hall–Kier alpha value is -0.350. The first kappa shape index (κ1) is 13.6. The second kappa shape index (κ2) is 6.40. The molecule has 0 amide bonds. The summed E-state index contributed by atoms with van der Waals surface area (Å²) in [6.45, 7) is 2.25. The van der Waals surface area contributed by atoms with Crippen LogP contribution < -0.4 is 0 Å². The van der Waals surface area contributed by atoms with Crippen molar-refractivity contribution in [3.63, 3.8) is 0 Å². The normalized spacial score (nSPS) is 26.1. The molecule has 0 aromatic carbocycles. The smallest absolute Gasteiger partial charge is 0.0765 e. The van der Waals surface area contributed by atoms with E-state index in [9.17, 15) is 0 Å². The molecule has 1 aliphatic carbocycles. The third-order valence-electron chi connectivity index (χ3n) is 4.65. The average Bonchev–Trinajstić information content (AvgIpc) is 3.09. The fourth-order valence-corrected chi connectivity index (χ4v) is 4.22. The van der Waals surface area contributed by atoms with Crippen molar-refractivity contribution in [2.45, 2.75) is 63.6 Å². The summed E-state index contributed by atoms with van der Waals surface area (Å²) in [4.78, 5) is 2.60. The molecule has 4 heteroatoms. The lowest BCUT2D eigenvalue weighted by Gasteiger charge is -2.34. The molecule has 1 saturated heterocycles. The second-order valence-electron chi connectivity index (χ2n) is 6.00. The molecule has 106 valence electrons. The van der Waals surface area contributed by atoms with Gasteiger partial charge in [-0.2, -0.15) is 5.10 Å². The van der Waals surface area contributed by atoms with Gasteiger partial charge in [-0.3, -0.25) is 9.58 Å². The van der Waals surface area contributed by atoms with Gasteiger partial charge in [0.25, 0.3) is 0 Å². The van der Waals surface area contributed by atoms with E-state index in [4.69, 9.17) is 5.10 Å². The predicted molar refractivity (Wildman–Crippen MR) is 81.6 cm³/mol. The van der Waals surface area contributed by atoms with E-state index >= 15 is 0 Å². The summed E-state index contributed by atoms with van der Waals surface area (Å²) in [5.41, 5.74) is 1.25. The van der Waals surface area contributed by atoms with Gasteiger partial charge in [-0.05, 0) is 38.3 Å². The van der Waals surface area contributed by atoms with Crippen molar-refractivity contribution >= 4 is 15.9 Å². The molecular weight excluding hydrogens is 302 g/mol. The highest BCUT2D eigenvalue weighted by Crippen LogP contribution is 2.29. The molecule has 2 heterocycles. The van der Waals surface area contributed by atoms with Crippen molar-refractivity contribution in [3.8, 4) is 0 Å². The Labute approximate surface area is 124 Å². The number of rotatable bonds is 4. The van der Waals surface area contributed by atoms with Gasteiger partial charge >= 0.3 is 0 Å². The van der Waals surface area contributed by atoms with Crippen molar-refractivity contribution in [3.05, 3.63) is 18.0 Å². The molecule has 1 atom stereocenters. The highest BCUT2D eigenvalue weighted by Gasteiger charge is 2.23. The van der Waals surface area contributed by atoms with Crippen LogP contribution in [0.15, 0.2) is 12.3 Å². The lowest BCUT2D eigenvalue weighted by Crippen LogP contribution is -2.40. The summed E-state index contributed by atoms with van der Waals surface area (Å²) in [5.74, 6) is 0. The van der Waals surface area contributed by atoms with E-state index in [-0.39, 0.29) is 0 Å². The SMILES string of the molecule is BrCC1CCCCN1Cc1ccn(C2CCCC2)n1. The predicted octanol–water partition coefficient (Wildman–Crippen LogP) is 3.75. The lowest BCUT2D eigenvalue weighted by atomic mass is 10.0. The standard InChI is InChI=1S/C15H24BrN3/c16-11-15-7-3-4-9-18(15)12-13-8-10-19(17-13)14-5-1-2-6-14/h8,10,14-15H,1-7,9,11-12H2. The largest absolute Gasteiger partial charge is 0.294 e. The Bertz CT molecular complexity index is 398. The quantitative estimate of drug-likeness (QED) is 0.786. The van der Waals surface area contributed by atoms with Gasteiger partial charge in [-0.25, -0.2) is 0 Å². The van der Waals surface area contributed by atoms with E-state index in [1.807, 2.05) is 0 Å². The summed E-state index contributed by atoms with van der Waals surface area (Å²) >= 11 is 3.66. The molecule has 1 aromatic rings. The molecule has 1 aromatic heterocycles. The summed E-state index contributed by atoms with van der Waals surface area (Å²) in [6, 6.07) is 3.59. The molecule has 3 nitrogen and oxygen atoms in total. The Kier molecular flexibility index (Phi) is 4.59. The van der Waals surface area contributed by atoms with Crippen LogP contribution in [-0.4, -0.2) is 32.6 Å². The number of aromatic nitrogens is 2. The molecule has 1 unspecified atom stereocenters. The van der Waals surface area contributed by atoms with E-state index in [0.717, 1.165) is 11.9 Å². The number of nitrogens with zero attached hydrogens (tertiary/aromatic N) is 3. The number of piperidine rings is 1. The molecular formula is C15H24BrN3. The fourth-order valence-electron chi connectivity index (χ4n) is 3.48. The number of alkyl halides is 1. The minimum atomic E-state index is 0.669. The topological polar surface area (TPSA) is 21.1 Å². The maximum Gasteiger partial charge on any atom is 0.0765 e. The first-order chi connectivity index (χ1) is 9.36. The maximum absolute atomic E-state index is 4.81. The van der Waals surface area contributed by atoms with Gasteiger partial charge in [0.05, 0.1) is 11.7 Å². The van der Waals surface area contributed by atoms with Crippen LogP contribution in [0.1, 0.15) is 56.7 Å². The van der Waals surface area contributed by atoms with Crippen molar-refractivity contribution in [2.24, 2.45) is 0 Å². The van der Waals surface area contributed by atoms with Gasteiger partial charge in [0.1, 0.15) is 0 Å². The second-order valence-corrected chi connectivity index (χ2v) is 6.65. The Morgan fingerprint density at radius 1 is 1.16 bits per heavy atom. The summed E-state index contributed by atoms with van der Waals surface area (Å²) in [5, 5.41) is 5.91. The highest BCUT2D eigenvalue weighted by atomic mass is 79.9. The van der Waals surface area contributed by atoms with Crippen LogP contribution in [0.2, 0.25) is 0 Å². The summed E-state index contributed by atoms with van der Waals surface area (Å²) in [7, 11) is 0. The molecule has 2 fully saturated rings. The van der Waals surface area contributed by atoms with Gasteiger partial charge in [0.2, 0.25) is 0 Å². The molecule has 0 radical (unpaired) electrons. The molecule has 2 aliphatic rings. The average molecular weight is 326 g/mol. The van der Waals surface area contributed by atoms with Crippen molar-refractivity contribution < 1.29 is 0 Å². The third kappa shape index (κ3) is 3.22. The van der Waals surface area contributed by atoms with Crippen LogP contribution in [0, 0.1) is 0 Å². The molecule has 19 heavy (non-hydrogen) atoms. The van der Waals surface area contributed by atoms with Crippen LogP contribution in [0.5, 0.6) is 0 Å². The minimum absolute atomic E-state index is 0.669. The molecule has 0 spiro atoms. The van der Waals surface area contributed by atoms with E-state index in [0.29, 0.717) is 12.1 Å². The van der Waals surface area contributed by atoms with Gasteiger partial charge in [0.15, 0.2) is 0 Å². The van der Waals surface area contributed by atoms with Crippen molar-refractivity contribution in [1.29, 1.82) is 0 Å². The van der Waals surface area contributed by atoms with E-state index < -0.39 is 0 Å². The molecule has 3 rings (SSSR count). The van der Waals surface area contributed by atoms with Gasteiger partial charge < -0.3 is 0 Å². The molecule has 1 saturated carbocycles. The first-order valence-electron chi connectivity index (χ1n) is 7.71. The summed E-state index contributed by atoms with van der Waals surface area (Å²) < 4.78 is 2.22. The van der Waals surface area contributed by atoms with Gasteiger partial charge in [-0.1, -0.05) is 35.2 Å². The maximum atomic E-state index is 4.81. The van der Waals surface area contributed by atoms with Crippen LogP contribution in [0.3, 0.4) is 0 Å². The molecule has 1 aliphatic heterocycles. The van der Waals surface area contributed by atoms with E-state index in [1.165, 1.54) is 57.2 Å². The molecule has 0 bridgehead atoms. The monoisotopic (exact) mass is 325 g/mol. The lowest BCUT2D eigenvalue weighted by molar-refractivity contribution is 0.154. The number of halogens is 1. The van der Waals surface area contributed by atoms with Crippen LogP contribution in [0.4, 0.5) is 0 Å². The van der Waals surface area contributed by atoms with Crippen LogP contribution in [-0.2, 0) is 6.54 Å². The molecule has 0 N–H and O–H groups in total. The zero-order valence-corrected chi connectivity index (χ0v) is 13.2. The van der Waals surface area contributed by atoms with Gasteiger partial charge in [-0.15, -0.1) is 0 Å². The zero-order chi connectivity index (χ0) is 13.1. The fraction of sp³-hybridized carbons (Fsp3) is 0.800. The number of hydrogen-bond donors (Lipinski definition) is 0. The first-order valence-corrected chi connectivity index (χ1v) is 8.83. The van der Waals surface area contributed by atoms with Crippen molar-refractivity contribution in [2.75, 3.05) is 11.9 Å². The summed E-state index contributed by atoms with van der Waals surface area (Å²) in [6.07, 6.45) is 11.6. The minimum Gasteiger partial charge on any atom is -0.294 e. The highest BCUT2D eigenvalue weighted by molar-refractivity contribution is 9.09. The zero-order valence-electron chi connectivity index (χ0n) is 11.6. The van der Waals surface area contributed by atoms with E-state index in [2.05, 4.69) is 37.8 Å². The Balaban J connectivity index is 1.62. The van der Waals surface area contributed by atoms with Crippen molar-refractivity contribution in [1.82, 2.24) is 14.7 Å². The Morgan fingerprint density at radius 2 is 1.95 bits per heavy atom. The number of hydrogen-bond acceptors (Lipinski definition) is 2. The number of likely N-dealkylation sites (tertiary alicyclic amines) is 1. The third-order valence-corrected chi connectivity index (χ3v) is 5.40. The van der Waals surface area contributed by atoms with Crippen LogP contribution in [0.25, 0.3) is 0 Å². The van der Waals surface area contributed by atoms with Crippen LogP contribution >= 0.6 is 15.9 Å². The van der Waals surface area contributed by atoms with E-state index in [1.54, 1.807) is 0 Å².